The molecule has 0 aliphatic rings. The fourth-order valence-electron chi connectivity index (χ4n) is 4.28. The van der Waals surface area contributed by atoms with Crippen molar-refractivity contribution >= 4 is 8.32 Å². The zero-order valence-corrected chi connectivity index (χ0v) is 19.6. The summed E-state index contributed by atoms with van der Waals surface area (Å²) in [5, 5.41) is 0. The molecule has 0 saturated carbocycles. The van der Waals surface area contributed by atoms with Crippen molar-refractivity contribution in [1.29, 1.82) is 0 Å². The minimum Gasteiger partial charge on any atom is -0.412 e. The Morgan fingerprint density at radius 1 is 0.692 bits per heavy atom. The second-order valence-corrected chi connectivity index (χ2v) is 13.8. The van der Waals surface area contributed by atoms with E-state index in [2.05, 4.69) is 73.6 Å². The quantitative estimate of drug-likeness (QED) is 0.418. The van der Waals surface area contributed by atoms with E-state index in [1.807, 2.05) is 0 Å². The van der Waals surface area contributed by atoms with Crippen molar-refractivity contribution < 1.29 is 13.9 Å². The second kappa shape index (κ2) is 10.0. The predicted molar refractivity (Wildman–Crippen MR) is 113 cm³/mol. The molecule has 0 aromatic heterocycles. The number of hydrogen-bond acceptors (Lipinski definition) is 3. The van der Waals surface area contributed by atoms with E-state index in [1.165, 1.54) is 16.7 Å². The fourth-order valence-corrected chi connectivity index (χ4v) is 9.70. The number of hydrogen-bond donors (Lipinski definition) is 0. The van der Waals surface area contributed by atoms with Crippen molar-refractivity contribution in [2.75, 3.05) is 14.2 Å². The Kier molecular flexibility index (Phi) is 9.00. The smallest absolute Gasteiger partial charge is 0.200 e. The molecule has 3 nitrogen and oxygen atoms in total. The number of methoxy groups -OCH3 is 2. The first-order valence-corrected chi connectivity index (χ1v) is 12.1. The largest absolute Gasteiger partial charge is 0.412 e. The van der Waals surface area contributed by atoms with Gasteiger partial charge in [-0.05, 0) is 47.2 Å². The van der Waals surface area contributed by atoms with E-state index >= 15 is 0 Å². The Morgan fingerprint density at radius 3 is 1.38 bits per heavy atom. The Hall–Kier alpha value is -0.683. The average molecular weight is 381 g/mol. The monoisotopic (exact) mass is 380 g/mol. The van der Waals surface area contributed by atoms with Gasteiger partial charge in [0.05, 0.1) is 18.8 Å². The third kappa shape index (κ3) is 5.19. The van der Waals surface area contributed by atoms with Crippen molar-refractivity contribution in [3.8, 4) is 0 Å². The van der Waals surface area contributed by atoms with Gasteiger partial charge in [0, 0.05) is 14.2 Å². The molecular weight excluding hydrogens is 340 g/mol. The average Bonchev–Trinajstić information content (AvgIpc) is 2.59. The van der Waals surface area contributed by atoms with Gasteiger partial charge in [0.1, 0.15) is 0 Å². The summed E-state index contributed by atoms with van der Waals surface area (Å²) in [6.45, 7) is 18.8. The highest BCUT2D eigenvalue weighted by Crippen LogP contribution is 2.42. The van der Waals surface area contributed by atoms with Crippen LogP contribution < -0.4 is 0 Å². The molecule has 1 aromatic rings. The first-order chi connectivity index (χ1) is 12.1. The van der Waals surface area contributed by atoms with Crippen LogP contribution in [0.1, 0.15) is 84.3 Å². The van der Waals surface area contributed by atoms with Crippen LogP contribution in [-0.4, -0.2) is 22.5 Å². The lowest BCUT2D eigenvalue weighted by Crippen LogP contribution is -2.47. The summed E-state index contributed by atoms with van der Waals surface area (Å²) in [5.41, 5.74) is 5.32. The highest BCUT2D eigenvalue weighted by Gasteiger charge is 2.44. The van der Waals surface area contributed by atoms with Crippen LogP contribution in [-0.2, 0) is 20.5 Å². The highest BCUT2D eigenvalue weighted by atomic mass is 28.4. The van der Waals surface area contributed by atoms with E-state index in [9.17, 15) is 0 Å². The van der Waals surface area contributed by atoms with Crippen LogP contribution in [0.25, 0.3) is 0 Å². The first-order valence-electron chi connectivity index (χ1n) is 9.93. The Bertz CT molecular complexity index is 504. The Morgan fingerprint density at radius 2 is 1.08 bits per heavy atom. The lowest BCUT2D eigenvalue weighted by atomic mass is 10.00. The molecule has 4 heteroatoms. The molecule has 2 atom stereocenters. The summed E-state index contributed by atoms with van der Waals surface area (Å²) in [5.74, 6) is 0. The van der Waals surface area contributed by atoms with Crippen LogP contribution in [0.3, 0.4) is 0 Å². The van der Waals surface area contributed by atoms with Gasteiger partial charge in [-0.2, -0.15) is 0 Å². The summed E-state index contributed by atoms with van der Waals surface area (Å²) >= 11 is 0. The van der Waals surface area contributed by atoms with Crippen LogP contribution in [0.4, 0.5) is 0 Å². The number of rotatable bonds is 10. The molecule has 0 heterocycles. The Labute approximate surface area is 162 Å². The lowest BCUT2D eigenvalue weighted by molar-refractivity contribution is 0.114. The summed E-state index contributed by atoms with van der Waals surface area (Å²) in [6.07, 6.45) is 0.111. The lowest BCUT2D eigenvalue weighted by Gasteiger charge is -2.42. The normalized spacial score (nSPS) is 15.1. The van der Waals surface area contributed by atoms with Crippen LogP contribution in [0.15, 0.2) is 18.2 Å². The molecule has 0 amide bonds. The number of ether oxygens (including phenoxy) is 2. The maximum absolute atomic E-state index is 6.79. The molecule has 26 heavy (non-hydrogen) atoms. The molecule has 0 spiro atoms. The molecule has 0 fully saturated rings. The van der Waals surface area contributed by atoms with E-state index in [4.69, 9.17) is 13.9 Å². The SMILES string of the molecule is CO[C@@H](C)c1cc(CO[Si](C(C)C)(C(C)C)C(C)C)cc([C@H](C)OC)c1. The number of benzene rings is 1. The molecule has 150 valence electrons. The maximum atomic E-state index is 6.79. The third-order valence-corrected chi connectivity index (χ3v) is 11.9. The minimum absolute atomic E-state index is 0.0556. The van der Waals surface area contributed by atoms with Gasteiger partial charge in [0.2, 0.25) is 8.32 Å². The van der Waals surface area contributed by atoms with E-state index in [-0.39, 0.29) is 12.2 Å². The van der Waals surface area contributed by atoms with Crippen LogP contribution >= 0.6 is 0 Å². The van der Waals surface area contributed by atoms with Gasteiger partial charge in [0.15, 0.2) is 0 Å². The standard InChI is InChI=1S/C22H40O3Si/c1-15(2)26(16(3)4,17(5)6)25-14-20-11-21(18(7)23-9)13-22(12-20)19(8)24-10/h11-13,15-19H,14H2,1-10H3/t18-,19-/m0/s1. The van der Waals surface area contributed by atoms with Crippen LogP contribution in [0.5, 0.6) is 0 Å². The summed E-state index contributed by atoms with van der Waals surface area (Å²) in [7, 11) is 1.62. The zero-order valence-electron chi connectivity index (χ0n) is 18.6. The summed E-state index contributed by atoms with van der Waals surface area (Å²) in [4.78, 5) is 0. The van der Waals surface area contributed by atoms with Gasteiger partial charge >= 0.3 is 0 Å². The van der Waals surface area contributed by atoms with Crippen LogP contribution in [0.2, 0.25) is 16.6 Å². The molecule has 0 aliphatic carbocycles. The molecule has 1 rings (SSSR count). The predicted octanol–water partition coefficient (Wildman–Crippen LogP) is 6.79. The molecule has 0 unspecified atom stereocenters. The van der Waals surface area contributed by atoms with Crippen molar-refractivity contribution in [3.05, 3.63) is 34.9 Å². The molecule has 0 bridgehead atoms. The van der Waals surface area contributed by atoms with Gasteiger partial charge in [-0.15, -0.1) is 0 Å². The maximum Gasteiger partial charge on any atom is 0.200 e. The fraction of sp³-hybridized carbons (Fsp3) is 0.727. The van der Waals surface area contributed by atoms with E-state index < -0.39 is 8.32 Å². The van der Waals surface area contributed by atoms with Crippen molar-refractivity contribution in [2.24, 2.45) is 0 Å². The molecular formula is C22H40O3Si. The highest BCUT2D eigenvalue weighted by molar-refractivity contribution is 6.77. The summed E-state index contributed by atoms with van der Waals surface area (Å²) < 4.78 is 17.9. The van der Waals surface area contributed by atoms with Gasteiger partial charge in [-0.3, -0.25) is 0 Å². The van der Waals surface area contributed by atoms with Gasteiger partial charge < -0.3 is 13.9 Å². The Balaban J connectivity index is 3.21. The molecule has 0 N–H and O–H groups in total. The molecule has 0 aliphatic heterocycles. The molecule has 0 saturated heterocycles. The van der Waals surface area contributed by atoms with E-state index in [0.717, 1.165) is 0 Å². The van der Waals surface area contributed by atoms with E-state index in [1.54, 1.807) is 14.2 Å². The van der Waals surface area contributed by atoms with Crippen molar-refractivity contribution in [3.63, 3.8) is 0 Å². The van der Waals surface area contributed by atoms with Gasteiger partial charge in [-0.1, -0.05) is 59.7 Å². The molecule has 0 radical (unpaired) electrons. The summed E-state index contributed by atoms with van der Waals surface area (Å²) in [6, 6.07) is 6.63. The second-order valence-electron chi connectivity index (χ2n) is 8.37. The first kappa shape index (κ1) is 23.4. The van der Waals surface area contributed by atoms with Crippen LogP contribution in [0, 0.1) is 0 Å². The minimum atomic E-state index is -1.88. The zero-order chi connectivity index (χ0) is 20.1. The topological polar surface area (TPSA) is 27.7 Å². The van der Waals surface area contributed by atoms with Gasteiger partial charge in [0.25, 0.3) is 0 Å². The van der Waals surface area contributed by atoms with Crippen molar-refractivity contribution in [1.82, 2.24) is 0 Å². The molecule has 1 aromatic carbocycles. The van der Waals surface area contributed by atoms with Gasteiger partial charge in [-0.25, -0.2) is 0 Å². The van der Waals surface area contributed by atoms with E-state index in [0.29, 0.717) is 23.2 Å². The third-order valence-electron chi connectivity index (χ3n) is 5.88. The van der Waals surface area contributed by atoms with Crippen molar-refractivity contribution in [2.45, 2.75) is 90.8 Å².